The summed E-state index contributed by atoms with van der Waals surface area (Å²) in [5, 5.41) is 1.00. The maximum atomic E-state index is 12.3. The Balaban J connectivity index is 1.51. The second-order valence-electron chi connectivity index (χ2n) is 6.07. The van der Waals surface area contributed by atoms with E-state index in [0.717, 1.165) is 32.1 Å². The molecule has 0 spiro atoms. The van der Waals surface area contributed by atoms with Crippen molar-refractivity contribution in [2.75, 3.05) is 39.3 Å². The number of halogens is 2. The summed E-state index contributed by atoms with van der Waals surface area (Å²) >= 11 is 12.0. The van der Waals surface area contributed by atoms with Gasteiger partial charge >= 0.3 is 0 Å². The summed E-state index contributed by atoms with van der Waals surface area (Å²) < 4.78 is 0. The highest BCUT2D eigenvalue weighted by molar-refractivity contribution is 6.36. The van der Waals surface area contributed by atoms with Crippen LogP contribution in [0.3, 0.4) is 0 Å². The number of rotatable bonds is 5. The molecule has 0 radical (unpaired) electrons. The number of piperazine rings is 1. The highest BCUT2D eigenvalue weighted by Crippen LogP contribution is 2.30. The Morgan fingerprint density at radius 3 is 2.38 bits per heavy atom. The van der Waals surface area contributed by atoms with Gasteiger partial charge in [0.1, 0.15) is 0 Å². The van der Waals surface area contributed by atoms with Gasteiger partial charge in [-0.05, 0) is 37.0 Å². The molecule has 1 heterocycles. The monoisotopic (exact) mass is 326 g/mol. The fourth-order valence-corrected chi connectivity index (χ4v) is 3.31. The van der Waals surface area contributed by atoms with Crippen LogP contribution in [0.5, 0.6) is 0 Å². The fourth-order valence-electron chi connectivity index (χ4n) is 2.80. The Bertz CT molecular complexity index is 523. The third-order valence-corrected chi connectivity index (χ3v) is 4.82. The average Bonchev–Trinajstić information content (AvgIpc) is 3.25. The van der Waals surface area contributed by atoms with Crippen LogP contribution >= 0.6 is 23.2 Å². The number of benzene rings is 1. The van der Waals surface area contributed by atoms with E-state index in [0.29, 0.717) is 22.2 Å². The molecule has 3 rings (SSSR count). The van der Waals surface area contributed by atoms with Crippen LogP contribution in [-0.2, 0) is 0 Å². The Kier molecular flexibility index (Phi) is 4.85. The normalized spacial score (nSPS) is 20.7. The van der Waals surface area contributed by atoms with E-state index in [2.05, 4.69) is 9.80 Å². The summed E-state index contributed by atoms with van der Waals surface area (Å²) in [5.41, 5.74) is 0.571. The molecule has 21 heavy (non-hydrogen) atoms. The van der Waals surface area contributed by atoms with Crippen molar-refractivity contribution in [3.8, 4) is 0 Å². The van der Waals surface area contributed by atoms with Crippen LogP contribution in [0.15, 0.2) is 18.2 Å². The lowest BCUT2D eigenvalue weighted by atomic mass is 10.1. The van der Waals surface area contributed by atoms with Crippen LogP contribution < -0.4 is 0 Å². The number of hydrogen-bond acceptors (Lipinski definition) is 3. The maximum Gasteiger partial charge on any atom is 0.178 e. The third kappa shape index (κ3) is 4.19. The van der Waals surface area contributed by atoms with Crippen LogP contribution in [0.1, 0.15) is 23.2 Å². The topological polar surface area (TPSA) is 23.6 Å². The van der Waals surface area contributed by atoms with Gasteiger partial charge in [0.25, 0.3) is 0 Å². The van der Waals surface area contributed by atoms with Crippen molar-refractivity contribution in [2.45, 2.75) is 12.8 Å². The van der Waals surface area contributed by atoms with Gasteiger partial charge in [0, 0.05) is 43.3 Å². The zero-order valence-corrected chi connectivity index (χ0v) is 13.5. The molecule has 2 fully saturated rings. The zero-order valence-electron chi connectivity index (χ0n) is 12.0. The largest absolute Gasteiger partial charge is 0.301 e. The molecule has 1 aromatic carbocycles. The lowest BCUT2D eigenvalue weighted by molar-refractivity contribution is 0.0847. The molecular weight excluding hydrogens is 307 g/mol. The van der Waals surface area contributed by atoms with Crippen LogP contribution in [0.2, 0.25) is 10.0 Å². The molecule has 0 N–H and O–H groups in total. The quantitative estimate of drug-likeness (QED) is 0.776. The summed E-state index contributed by atoms with van der Waals surface area (Å²) in [4.78, 5) is 17.1. The molecule has 114 valence electrons. The lowest BCUT2D eigenvalue weighted by Crippen LogP contribution is -2.48. The summed E-state index contributed by atoms with van der Waals surface area (Å²) in [6, 6.07) is 5.06. The van der Waals surface area contributed by atoms with Gasteiger partial charge in [0.05, 0.1) is 11.6 Å². The minimum Gasteiger partial charge on any atom is -0.301 e. The first-order chi connectivity index (χ1) is 10.1. The van der Waals surface area contributed by atoms with Crippen LogP contribution in [0, 0.1) is 5.92 Å². The van der Waals surface area contributed by atoms with Gasteiger partial charge in [-0.2, -0.15) is 0 Å². The van der Waals surface area contributed by atoms with E-state index in [1.54, 1.807) is 18.2 Å². The molecule has 0 atom stereocenters. The molecule has 1 saturated heterocycles. The number of hydrogen-bond donors (Lipinski definition) is 0. The first-order valence-electron chi connectivity index (χ1n) is 7.55. The van der Waals surface area contributed by atoms with E-state index in [9.17, 15) is 4.79 Å². The molecule has 1 aliphatic heterocycles. The van der Waals surface area contributed by atoms with E-state index >= 15 is 0 Å². The van der Waals surface area contributed by atoms with E-state index in [1.807, 2.05) is 0 Å². The van der Waals surface area contributed by atoms with Crippen molar-refractivity contribution in [2.24, 2.45) is 5.92 Å². The number of carbonyl (C=O) groups is 1. The fraction of sp³-hybridized carbons (Fsp3) is 0.562. The van der Waals surface area contributed by atoms with E-state index < -0.39 is 0 Å². The van der Waals surface area contributed by atoms with Crippen LogP contribution in [0.4, 0.5) is 0 Å². The molecule has 5 heteroatoms. The van der Waals surface area contributed by atoms with E-state index in [1.165, 1.54) is 19.4 Å². The van der Waals surface area contributed by atoms with Gasteiger partial charge in [0.15, 0.2) is 5.78 Å². The second-order valence-corrected chi connectivity index (χ2v) is 6.91. The van der Waals surface area contributed by atoms with Gasteiger partial charge in [-0.15, -0.1) is 0 Å². The highest BCUT2D eigenvalue weighted by Gasteiger charge is 2.27. The number of carbonyl (C=O) groups excluding carboxylic acids is 1. The lowest BCUT2D eigenvalue weighted by Gasteiger charge is -2.34. The highest BCUT2D eigenvalue weighted by atomic mass is 35.5. The van der Waals surface area contributed by atoms with Crippen molar-refractivity contribution >= 4 is 29.0 Å². The first-order valence-corrected chi connectivity index (χ1v) is 8.30. The summed E-state index contributed by atoms with van der Waals surface area (Å²) in [6.07, 6.45) is 2.79. The van der Waals surface area contributed by atoms with Crippen LogP contribution in [0.25, 0.3) is 0 Å². The Hall–Kier alpha value is -0.610. The number of Topliss-reactive ketones (excluding diaryl/α,β-unsaturated/α-hetero) is 1. The van der Waals surface area contributed by atoms with Crippen LogP contribution in [-0.4, -0.2) is 54.9 Å². The number of nitrogens with zero attached hydrogens (tertiary/aromatic N) is 2. The molecule has 0 aromatic heterocycles. The minimum absolute atomic E-state index is 0.0762. The van der Waals surface area contributed by atoms with Crippen molar-refractivity contribution in [1.82, 2.24) is 9.80 Å². The molecule has 0 amide bonds. The Labute approximate surface area is 135 Å². The molecule has 0 unspecified atom stereocenters. The average molecular weight is 327 g/mol. The standard InChI is InChI=1S/C16H20Cl2N2O/c17-13-3-4-14(15(18)9-13)16(21)11-20-7-5-19(6-8-20)10-12-1-2-12/h3-4,9,12H,1-2,5-8,10-11H2. The number of ketones is 1. The van der Waals surface area contributed by atoms with Gasteiger partial charge in [-0.1, -0.05) is 23.2 Å². The van der Waals surface area contributed by atoms with E-state index in [-0.39, 0.29) is 5.78 Å². The van der Waals surface area contributed by atoms with Crippen molar-refractivity contribution < 1.29 is 4.79 Å². The minimum atomic E-state index is 0.0762. The molecule has 1 saturated carbocycles. The maximum absolute atomic E-state index is 12.3. The van der Waals surface area contributed by atoms with Crippen molar-refractivity contribution in [1.29, 1.82) is 0 Å². The SMILES string of the molecule is O=C(CN1CCN(CC2CC2)CC1)c1ccc(Cl)cc1Cl. The van der Waals surface area contributed by atoms with Gasteiger partial charge < -0.3 is 4.90 Å². The predicted molar refractivity (Wildman–Crippen MR) is 86.4 cm³/mol. The van der Waals surface area contributed by atoms with E-state index in [4.69, 9.17) is 23.2 Å². The third-order valence-electron chi connectivity index (χ3n) is 4.28. The molecule has 0 bridgehead atoms. The Morgan fingerprint density at radius 2 is 1.76 bits per heavy atom. The predicted octanol–water partition coefficient (Wildman–Crippen LogP) is 3.20. The first kappa shape index (κ1) is 15.3. The molecule has 1 aromatic rings. The van der Waals surface area contributed by atoms with Crippen molar-refractivity contribution in [3.63, 3.8) is 0 Å². The molecule has 1 aliphatic carbocycles. The second kappa shape index (κ2) is 6.66. The summed E-state index contributed by atoms with van der Waals surface area (Å²) in [6.45, 7) is 5.74. The van der Waals surface area contributed by atoms with Gasteiger partial charge in [-0.3, -0.25) is 9.69 Å². The molecule has 3 nitrogen and oxygen atoms in total. The molecular formula is C16H20Cl2N2O. The Morgan fingerprint density at radius 1 is 1.10 bits per heavy atom. The smallest absolute Gasteiger partial charge is 0.178 e. The van der Waals surface area contributed by atoms with Gasteiger partial charge in [-0.25, -0.2) is 0 Å². The van der Waals surface area contributed by atoms with Gasteiger partial charge in [0.2, 0.25) is 0 Å². The molecule has 2 aliphatic rings. The summed E-state index contributed by atoms with van der Waals surface area (Å²) in [7, 11) is 0. The zero-order chi connectivity index (χ0) is 14.8. The van der Waals surface area contributed by atoms with Crippen molar-refractivity contribution in [3.05, 3.63) is 33.8 Å². The summed E-state index contributed by atoms with van der Waals surface area (Å²) in [5.74, 6) is 1.01.